The van der Waals surface area contributed by atoms with Gasteiger partial charge >= 0.3 is 0 Å². The van der Waals surface area contributed by atoms with Crippen molar-refractivity contribution < 1.29 is 0 Å². The van der Waals surface area contributed by atoms with Crippen LogP contribution in [0.4, 0.5) is 0 Å². The lowest BCUT2D eigenvalue weighted by Crippen LogP contribution is -2.34. The van der Waals surface area contributed by atoms with Gasteiger partial charge in [-0.25, -0.2) is 0 Å². The zero-order valence-electron chi connectivity index (χ0n) is 12.3. The van der Waals surface area contributed by atoms with Gasteiger partial charge in [-0.1, -0.05) is 26.7 Å². The van der Waals surface area contributed by atoms with Gasteiger partial charge in [-0.2, -0.15) is 5.10 Å². The van der Waals surface area contributed by atoms with E-state index in [4.69, 9.17) is 5.73 Å². The second kappa shape index (κ2) is 6.40. The van der Waals surface area contributed by atoms with Crippen LogP contribution in [0.25, 0.3) is 0 Å². The van der Waals surface area contributed by atoms with E-state index in [1.165, 1.54) is 29.4 Å². The summed E-state index contributed by atoms with van der Waals surface area (Å²) in [5.74, 6) is 1.45. The van der Waals surface area contributed by atoms with Crippen LogP contribution >= 0.6 is 15.9 Å². The first-order valence-corrected chi connectivity index (χ1v) is 8.37. The molecule has 0 aliphatic heterocycles. The van der Waals surface area contributed by atoms with E-state index in [-0.39, 0.29) is 6.04 Å². The minimum Gasteiger partial charge on any atom is -0.327 e. The number of aromatic nitrogens is 2. The van der Waals surface area contributed by atoms with E-state index in [0.717, 1.165) is 31.0 Å². The van der Waals surface area contributed by atoms with Crippen molar-refractivity contribution in [2.75, 3.05) is 0 Å². The van der Waals surface area contributed by atoms with Gasteiger partial charge in [0, 0.05) is 19.0 Å². The maximum absolute atomic E-state index is 6.48. The fraction of sp³-hybridized carbons (Fsp3) is 0.800. The van der Waals surface area contributed by atoms with Gasteiger partial charge in [-0.15, -0.1) is 0 Å². The van der Waals surface area contributed by atoms with Crippen molar-refractivity contribution >= 4 is 15.9 Å². The summed E-state index contributed by atoms with van der Waals surface area (Å²) < 4.78 is 3.29. The summed E-state index contributed by atoms with van der Waals surface area (Å²) >= 11 is 3.72. The topological polar surface area (TPSA) is 43.8 Å². The van der Waals surface area contributed by atoms with Crippen LogP contribution in [0.1, 0.15) is 51.4 Å². The highest BCUT2D eigenvalue weighted by atomic mass is 79.9. The second-order valence-electron chi connectivity index (χ2n) is 5.82. The number of hydrogen-bond acceptors (Lipinski definition) is 2. The number of rotatable bonds is 5. The maximum atomic E-state index is 6.48. The molecule has 0 aromatic carbocycles. The Morgan fingerprint density at radius 1 is 1.42 bits per heavy atom. The Balaban J connectivity index is 2.15. The molecule has 0 bridgehead atoms. The van der Waals surface area contributed by atoms with Crippen LogP contribution in [0.5, 0.6) is 0 Å². The zero-order chi connectivity index (χ0) is 14.0. The quantitative estimate of drug-likeness (QED) is 0.898. The predicted octanol–water partition coefficient (Wildman–Crippen LogP) is 3.53. The Morgan fingerprint density at radius 3 is 2.68 bits per heavy atom. The minimum absolute atomic E-state index is 0.264. The molecule has 19 heavy (non-hydrogen) atoms. The third-order valence-corrected chi connectivity index (χ3v) is 5.52. The van der Waals surface area contributed by atoms with Gasteiger partial charge < -0.3 is 5.73 Å². The number of nitrogens with two attached hydrogens (primary N) is 1. The summed E-state index contributed by atoms with van der Waals surface area (Å²) in [6.45, 7) is 7.56. The zero-order valence-corrected chi connectivity index (χ0v) is 13.9. The van der Waals surface area contributed by atoms with Crippen molar-refractivity contribution in [1.29, 1.82) is 0 Å². The molecule has 1 aliphatic rings. The molecule has 3 atom stereocenters. The van der Waals surface area contributed by atoms with Crippen LogP contribution in [0.2, 0.25) is 0 Å². The van der Waals surface area contributed by atoms with Crippen molar-refractivity contribution in [1.82, 2.24) is 9.78 Å². The third kappa shape index (κ3) is 3.05. The van der Waals surface area contributed by atoms with Crippen molar-refractivity contribution in [2.45, 2.75) is 65.5 Å². The van der Waals surface area contributed by atoms with Crippen LogP contribution in [0.15, 0.2) is 4.47 Å². The highest BCUT2D eigenvalue weighted by molar-refractivity contribution is 9.10. The van der Waals surface area contributed by atoms with Crippen molar-refractivity contribution in [3.63, 3.8) is 0 Å². The Morgan fingerprint density at radius 2 is 2.16 bits per heavy atom. The molecule has 1 aliphatic carbocycles. The third-order valence-electron chi connectivity index (χ3n) is 4.60. The molecule has 108 valence electrons. The molecule has 1 heterocycles. The monoisotopic (exact) mass is 327 g/mol. The first kappa shape index (κ1) is 15.0. The molecule has 0 amide bonds. The minimum atomic E-state index is 0.264. The average molecular weight is 328 g/mol. The predicted molar refractivity (Wildman–Crippen MR) is 83.2 cm³/mol. The highest BCUT2D eigenvalue weighted by Gasteiger charge is 2.30. The van der Waals surface area contributed by atoms with Crippen LogP contribution in [0.3, 0.4) is 0 Å². The summed E-state index contributed by atoms with van der Waals surface area (Å²) in [7, 11) is 0. The lowest BCUT2D eigenvalue weighted by atomic mass is 9.88. The van der Waals surface area contributed by atoms with E-state index < -0.39 is 0 Å². The lowest BCUT2D eigenvalue weighted by molar-refractivity contribution is 0.338. The van der Waals surface area contributed by atoms with Crippen LogP contribution < -0.4 is 5.73 Å². The molecule has 2 N–H and O–H groups in total. The van der Waals surface area contributed by atoms with Gasteiger partial charge in [0.2, 0.25) is 0 Å². The molecule has 4 heteroatoms. The molecule has 1 fully saturated rings. The van der Waals surface area contributed by atoms with E-state index in [1.54, 1.807) is 0 Å². The maximum Gasteiger partial charge on any atom is 0.0766 e. The van der Waals surface area contributed by atoms with Gasteiger partial charge in [0.1, 0.15) is 0 Å². The molecule has 2 rings (SSSR count). The van der Waals surface area contributed by atoms with Crippen molar-refractivity contribution in [3.8, 4) is 0 Å². The van der Waals surface area contributed by atoms with E-state index in [2.05, 4.69) is 46.5 Å². The molecular weight excluding hydrogens is 302 g/mol. The van der Waals surface area contributed by atoms with E-state index in [0.29, 0.717) is 5.92 Å². The van der Waals surface area contributed by atoms with E-state index >= 15 is 0 Å². The smallest absolute Gasteiger partial charge is 0.0766 e. The Kier molecular flexibility index (Phi) is 5.07. The van der Waals surface area contributed by atoms with Gasteiger partial charge in [0.05, 0.1) is 15.9 Å². The molecule has 1 saturated carbocycles. The standard InChI is InChI=1S/C15H26BrN3/c1-4-13-15(16)14(19(5-2)18-13)9-12(17)11-8-6-7-10(11)3/h10-12H,4-9,17H2,1-3H3. The SMILES string of the molecule is CCc1nn(CC)c(CC(N)C2CCCC2C)c1Br. The number of aryl methyl sites for hydroxylation is 2. The van der Waals surface area contributed by atoms with Crippen molar-refractivity contribution in [3.05, 3.63) is 15.9 Å². The number of halogens is 1. The average Bonchev–Trinajstić information content (AvgIpc) is 2.95. The molecule has 0 radical (unpaired) electrons. The summed E-state index contributed by atoms with van der Waals surface area (Å²) in [5.41, 5.74) is 8.92. The number of hydrogen-bond donors (Lipinski definition) is 1. The lowest BCUT2D eigenvalue weighted by Gasteiger charge is -2.23. The van der Waals surface area contributed by atoms with Crippen LogP contribution in [-0.4, -0.2) is 15.8 Å². The summed E-state index contributed by atoms with van der Waals surface area (Å²) in [4.78, 5) is 0. The van der Waals surface area contributed by atoms with Gasteiger partial charge in [-0.3, -0.25) is 4.68 Å². The Hall–Kier alpha value is -0.350. The summed E-state index contributed by atoms with van der Waals surface area (Å²) in [5, 5.41) is 4.66. The first-order chi connectivity index (χ1) is 9.08. The molecule has 0 saturated heterocycles. The second-order valence-corrected chi connectivity index (χ2v) is 6.61. The summed E-state index contributed by atoms with van der Waals surface area (Å²) in [6, 6.07) is 0.264. The van der Waals surface area contributed by atoms with Gasteiger partial charge in [0.15, 0.2) is 0 Å². The van der Waals surface area contributed by atoms with Crippen molar-refractivity contribution in [2.24, 2.45) is 17.6 Å². The Bertz CT molecular complexity index is 427. The first-order valence-electron chi connectivity index (χ1n) is 7.58. The highest BCUT2D eigenvalue weighted by Crippen LogP contribution is 2.35. The number of nitrogens with zero attached hydrogens (tertiary/aromatic N) is 2. The normalized spacial score (nSPS) is 24.9. The molecule has 3 unspecified atom stereocenters. The van der Waals surface area contributed by atoms with E-state index in [1.807, 2.05) is 0 Å². The fourth-order valence-corrected chi connectivity index (χ4v) is 4.12. The largest absolute Gasteiger partial charge is 0.327 e. The molecule has 0 spiro atoms. The molecular formula is C15H26BrN3. The van der Waals surface area contributed by atoms with Gasteiger partial charge in [-0.05, 0) is 47.5 Å². The van der Waals surface area contributed by atoms with E-state index in [9.17, 15) is 0 Å². The fourth-order valence-electron chi connectivity index (χ4n) is 3.40. The van der Waals surface area contributed by atoms with Crippen LogP contribution in [0, 0.1) is 11.8 Å². The molecule has 1 aromatic rings. The van der Waals surface area contributed by atoms with Crippen LogP contribution in [-0.2, 0) is 19.4 Å². The van der Waals surface area contributed by atoms with Gasteiger partial charge in [0.25, 0.3) is 0 Å². The Labute approximate surface area is 125 Å². The molecule has 3 nitrogen and oxygen atoms in total. The summed E-state index contributed by atoms with van der Waals surface area (Å²) in [6.07, 6.45) is 5.88. The molecule has 1 aromatic heterocycles.